The summed E-state index contributed by atoms with van der Waals surface area (Å²) in [5.41, 5.74) is 3.48. The predicted molar refractivity (Wildman–Crippen MR) is 121 cm³/mol. The minimum absolute atomic E-state index is 0.0867. The van der Waals surface area contributed by atoms with Crippen molar-refractivity contribution < 1.29 is 14.3 Å². The predicted octanol–water partition coefficient (Wildman–Crippen LogP) is 3.72. The summed E-state index contributed by atoms with van der Waals surface area (Å²) in [5, 5.41) is 10.5. The van der Waals surface area contributed by atoms with Gasteiger partial charge >= 0.3 is 0 Å². The number of aryl methyl sites for hydroxylation is 1. The van der Waals surface area contributed by atoms with Crippen LogP contribution in [0, 0.1) is 6.92 Å². The van der Waals surface area contributed by atoms with E-state index in [0.717, 1.165) is 28.9 Å². The second kappa shape index (κ2) is 11.1. The van der Waals surface area contributed by atoms with Crippen LogP contribution < -0.4 is 10.6 Å². The van der Waals surface area contributed by atoms with Crippen LogP contribution in [0.1, 0.15) is 25.0 Å². The number of para-hydroxylation sites is 1. The fraction of sp³-hybridized carbons (Fsp3) is 0.292. The highest BCUT2D eigenvalue weighted by Crippen LogP contribution is 2.33. The minimum Gasteiger partial charge on any atom is -0.385 e. The number of nitrogens with zero attached hydrogens (tertiary/aromatic N) is 2. The number of amides is 2. The number of ether oxygens (including phenoxy) is 1. The Bertz CT molecular complexity index is 1000. The van der Waals surface area contributed by atoms with E-state index in [4.69, 9.17) is 4.74 Å². The van der Waals surface area contributed by atoms with Gasteiger partial charge in [0.2, 0.25) is 11.8 Å². The first-order valence-electron chi connectivity index (χ1n) is 10.4. The van der Waals surface area contributed by atoms with Gasteiger partial charge in [0.05, 0.1) is 11.4 Å². The molecule has 0 atom stereocenters. The molecule has 3 rings (SSSR count). The van der Waals surface area contributed by atoms with Crippen LogP contribution >= 0.6 is 0 Å². The lowest BCUT2D eigenvalue weighted by atomic mass is 10.1. The van der Waals surface area contributed by atoms with Gasteiger partial charge in [-0.3, -0.25) is 9.59 Å². The Morgan fingerprint density at radius 1 is 0.968 bits per heavy atom. The van der Waals surface area contributed by atoms with Crippen molar-refractivity contribution >= 4 is 17.6 Å². The minimum atomic E-state index is -0.235. The maximum absolute atomic E-state index is 12.7. The molecule has 0 aliphatic rings. The number of carbonyl (C=O) groups is 2. The lowest BCUT2D eigenvalue weighted by Gasteiger charge is -2.12. The summed E-state index contributed by atoms with van der Waals surface area (Å²) in [6.45, 7) is 3.04. The Morgan fingerprint density at radius 2 is 1.61 bits per heavy atom. The largest absolute Gasteiger partial charge is 0.385 e. The molecule has 0 aliphatic heterocycles. The molecular weight excluding hydrogens is 392 g/mol. The standard InChI is InChI=1S/C24H28N4O3/c1-18-23(19-10-5-3-6-11-19)24(28(27-18)20-12-7-4-8-13-20)26-22(30)15-14-21(29)25-16-9-17-31-2/h3-8,10-13H,9,14-17H2,1-2H3,(H,25,29)(H,26,30). The molecule has 0 unspecified atom stereocenters. The average Bonchev–Trinajstić information content (AvgIpc) is 3.12. The maximum Gasteiger partial charge on any atom is 0.226 e. The SMILES string of the molecule is COCCCNC(=O)CCC(=O)Nc1c(-c2ccccc2)c(C)nn1-c1ccccc1. The van der Waals surface area contributed by atoms with Crippen LogP contribution in [-0.4, -0.2) is 41.9 Å². The van der Waals surface area contributed by atoms with Crippen LogP contribution in [0.4, 0.5) is 5.82 Å². The van der Waals surface area contributed by atoms with E-state index in [9.17, 15) is 9.59 Å². The molecule has 2 aromatic carbocycles. The molecule has 162 valence electrons. The molecule has 0 saturated heterocycles. The molecule has 0 radical (unpaired) electrons. The quantitative estimate of drug-likeness (QED) is 0.490. The van der Waals surface area contributed by atoms with Crippen LogP contribution in [0.2, 0.25) is 0 Å². The van der Waals surface area contributed by atoms with Gasteiger partial charge in [-0.25, -0.2) is 4.68 Å². The zero-order valence-corrected chi connectivity index (χ0v) is 17.9. The number of benzene rings is 2. The number of carbonyl (C=O) groups excluding carboxylic acids is 2. The third-order valence-electron chi connectivity index (χ3n) is 4.81. The monoisotopic (exact) mass is 420 g/mol. The van der Waals surface area contributed by atoms with Crippen molar-refractivity contribution in [3.8, 4) is 16.8 Å². The van der Waals surface area contributed by atoms with Crippen molar-refractivity contribution in [3.63, 3.8) is 0 Å². The number of hydrogen-bond acceptors (Lipinski definition) is 4. The Kier molecular flexibility index (Phi) is 7.95. The van der Waals surface area contributed by atoms with Crippen molar-refractivity contribution in [2.45, 2.75) is 26.2 Å². The zero-order valence-electron chi connectivity index (χ0n) is 17.9. The van der Waals surface area contributed by atoms with E-state index in [0.29, 0.717) is 19.0 Å². The second-order valence-electron chi connectivity index (χ2n) is 7.17. The third kappa shape index (κ3) is 6.02. The first-order valence-corrected chi connectivity index (χ1v) is 10.4. The van der Waals surface area contributed by atoms with Crippen LogP contribution in [0.3, 0.4) is 0 Å². The fourth-order valence-corrected chi connectivity index (χ4v) is 3.30. The molecule has 31 heavy (non-hydrogen) atoms. The molecule has 2 amide bonds. The van der Waals surface area contributed by atoms with Gasteiger partial charge in [-0.1, -0.05) is 48.5 Å². The molecule has 0 fully saturated rings. The van der Waals surface area contributed by atoms with Crippen LogP contribution in [0.5, 0.6) is 0 Å². The Balaban J connectivity index is 1.77. The molecule has 1 heterocycles. The highest BCUT2D eigenvalue weighted by molar-refractivity contribution is 5.96. The van der Waals surface area contributed by atoms with Gasteiger partial charge in [0.25, 0.3) is 0 Å². The number of methoxy groups -OCH3 is 1. The van der Waals surface area contributed by atoms with Crippen LogP contribution in [-0.2, 0) is 14.3 Å². The summed E-state index contributed by atoms with van der Waals surface area (Å²) in [4.78, 5) is 24.7. The Labute approximate surface area is 182 Å². The van der Waals surface area contributed by atoms with E-state index in [-0.39, 0.29) is 24.7 Å². The summed E-state index contributed by atoms with van der Waals surface area (Å²) in [6.07, 6.45) is 0.950. The third-order valence-corrected chi connectivity index (χ3v) is 4.81. The molecule has 0 spiro atoms. The van der Waals surface area contributed by atoms with E-state index >= 15 is 0 Å². The molecule has 7 heteroatoms. The van der Waals surface area contributed by atoms with Gasteiger partial charge in [-0.05, 0) is 31.0 Å². The number of hydrogen-bond donors (Lipinski definition) is 2. The van der Waals surface area contributed by atoms with E-state index in [1.807, 2.05) is 67.6 Å². The van der Waals surface area contributed by atoms with Gasteiger partial charge in [0.1, 0.15) is 5.82 Å². The van der Waals surface area contributed by atoms with Gasteiger partial charge in [0, 0.05) is 38.7 Å². The number of aromatic nitrogens is 2. The molecule has 0 bridgehead atoms. The van der Waals surface area contributed by atoms with E-state index in [1.165, 1.54) is 0 Å². The molecule has 0 aliphatic carbocycles. The second-order valence-corrected chi connectivity index (χ2v) is 7.17. The van der Waals surface area contributed by atoms with E-state index < -0.39 is 0 Å². The van der Waals surface area contributed by atoms with Crippen molar-refractivity contribution in [1.29, 1.82) is 0 Å². The molecule has 7 nitrogen and oxygen atoms in total. The lowest BCUT2D eigenvalue weighted by molar-refractivity contribution is -0.124. The number of anilines is 1. The van der Waals surface area contributed by atoms with Crippen LogP contribution in [0.25, 0.3) is 16.8 Å². The Morgan fingerprint density at radius 3 is 2.29 bits per heavy atom. The normalized spacial score (nSPS) is 10.6. The number of nitrogens with one attached hydrogen (secondary N) is 2. The molecular formula is C24H28N4O3. The van der Waals surface area contributed by atoms with Crippen molar-refractivity contribution in [2.75, 3.05) is 25.6 Å². The highest BCUT2D eigenvalue weighted by Gasteiger charge is 2.20. The summed E-state index contributed by atoms with van der Waals surface area (Å²) < 4.78 is 6.70. The first-order chi connectivity index (χ1) is 15.1. The van der Waals surface area contributed by atoms with Gasteiger partial charge in [-0.15, -0.1) is 0 Å². The number of rotatable bonds is 10. The summed E-state index contributed by atoms with van der Waals surface area (Å²) in [7, 11) is 1.62. The summed E-state index contributed by atoms with van der Waals surface area (Å²) in [5.74, 6) is 0.212. The summed E-state index contributed by atoms with van der Waals surface area (Å²) >= 11 is 0. The average molecular weight is 421 g/mol. The first kappa shape index (κ1) is 22.2. The molecule has 3 aromatic rings. The van der Waals surface area contributed by atoms with E-state index in [2.05, 4.69) is 15.7 Å². The van der Waals surface area contributed by atoms with Crippen LogP contribution in [0.15, 0.2) is 60.7 Å². The maximum atomic E-state index is 12.7. The summed E-state index contributed by atoms with van der Waals surface area (Å²) in [6, 6.07) is 19.5. The smallest absolute Gasteiger partial charge is 0.226 e. The fourth-order valence-electron chi connectivity index (χ4n) is 3.30. The lowest BCUT2D eigenvalue weighted by Crippen LogP contribution is -2.26. The van der Waals surface area contributed by atoms with Crippen molar-refractivity contribution in [3.05, 3.63) is 66.4 Å². The van der Waals surface area contributed by atoms with Crippen molar-refractivity contribution in [2.24, 2.45) is 0 Å². The van der Waals surface area contributed by atoms with Gasteiger partial charge in [-0.2, -0.15) is 5.10 Å². The van der Waals surface area contributed by atoms with Gasteiger partial charge < -0.3 is 15.4 Å². The van der Waals surface area contributed by atoms with Gasteiger partial charge in [0.15, 0.2) is 0 Å². The molecule has 2 N–H and O–H groups in total. The zero-order chi connectivity index (χ0) is 22.1. The molecule has 0 saturated carbocycles. The van der Waals surface area contributed by atoms with E-state index in [1.54, 1.807) is 11.8 Å². The Hall–Kier alpha value is -3.45. The van der Waals surface area contributed by atoms with Crippen molar-refractivity contribution in [1.82, 2.24) is 15.1 Å². The highest BCUT2D eigenvalue weighted by atomic mass is 16.5. The molecule has 1 aromatic heterocycles. The topological polar surface area (TPSA) is 85.2 Å².